The number of ether oxygens (including phenoxy) is 1. The Hall–Kier alpha value is -4.26. The second-order valence-corrected chi connectivity index (χ2v) is 8.02. The van der Waals surface area contributed by atoms with Crippen molar-refractivity contribution in [2.24, 2.45) is 7.05 Å². The molecule has 7 heteroatoms. The minimum absolute atomic E-state index is 0.00412. The fraction of sp³-hybridized carbons (Fsp3) is 0.185. The molecule has 2 aromatic heterocycles. The lowest BCUT2D eigenvalue weighted by atomic mass is 10.0. The van der Waals surface area contributed by atoms with Crippen molar-refractivity contribution in [1.82, 2.24) is 14.8 Å². The summed E-state index contributed by atoms with van der Waals surface area (Å²) in [5.74, 6) is -0.874. The van der Waals surface area contributed by atoms with Gasteiger partial charge in [-0.3, -0.25) is 14.5 Å². The van der Waals surface area contributed by atoms with Crippen LogP contribution in [0.25, 0.3) is 22.4 Å². The van der Waals surface area contributed by atoms with E-state index in [0.717, 1.165) is 27.8 Å². The number of carbonyl (C=O) groups excluding carboxylic acids is 1. The summed E-state index contributed by atoms with van der Waals surface area (Å²) >= 11 is 0. The van der Waals surface area contributed by atoms with Crippen LogP contribution in [0.1, 0.15) is 45.4 Å². The third-order valence-electron chi connectivity index (χ3n) is 5.57. The largest absolute Gasteiger partial charge is 0.484 e. The van der Waals surface area contributed by atoms with E-state index in [1.807, 2.05) is 68.4 Å². The van der Waals surface area contributed by atoms with E-state index < -0.39 is 5.97 Å². The van der Waals surface area contributed by atoms with Gasteiger partial charge in [0.25, 0.3) is 0 Å². The number of Topliss-reactive ketones (excluding diaryl/α,β-unsaturated/α-hetero) is 1. The van der Waals surface area contributed by atoms with Crippen molar-refractivity contribution in [3.05, 3.63) is 89.4 Å². The molecule has 7 nitrogen and oxygen atoms in total. The molecule has 0 aliphatic carbocycles. The number of aromatic carboxylic acids is 1. The Labute approximate surface area is 197 Å². The maximum absolute atomic E-state index is 11.9. The van der Waals surface area contributed by atoms with Crippen molar-refractivity contribution in [2.75, 3.05) is 0 Å². The molecule has 0 bridgehead atoms. The van der Waals surface area contributed by atoms with Crippen LogP contribution < -0.4 is 4.74 Å². The summed E-state index contributed by atoms with van der Waals surface area (Å²) in [6.07, 6.45) is 2.09. The van der Waals surface area contributed by atoms with Gasteiger partial charge in [0.15, 0.2) is 17.2 Å². The summed E-state index contributed by atoms with van der Waals surface area (Å²) in [4.78, 5) is 28.0. The number of hydrogen-bond donors (Lipinski definition) is 1. The molecule has 0 saturated heterocycles. The molecular formula is C27H25N3O4. The van der Waals surface area contributed by atoms with E-state index in [9.17, 15) is 14.7 Å². The van der Waals surface area contributed by atoms with E-state index in [1.165, 1.54) is 4.68 Å². The Morgan fingerprint density at radius 1 is 0.941 bits per heavy atom. The molecule has 1 N–H and O–H groups in total. The van der Waals surface area contributed by atoms with E-state index in [2.05, 4.69) is 10.1 Å². The Kier molecular flexibility index (Phi) is 6.54. The highest BCUT2D eigenvalue weighted by Crippen LogP contribution is 2.34. The van der Waals surface area contributed by atoms with Crippen molar-refractivity contribution in [3.63, 3.8) is 0 Å². The van der Waals surface area contributed by atoms with Crippen molar-refractivity contribution < 1.29 is 19.4 Å². The minimum atomic E-state index is -1.11. The normalized spacial score (nSPS) is 10.8. The van der Waals surface area contributed by atoms with Crippen molar-refractivity contribution in [3.8, 4) is 28.1 Å². The monoisotopic (exact) mass is 455 g/mol. The molecular weight excluding hydrogens is 430 g/mol. The summed E-state index contributed by atoms with van der Waals surface area (Å²) in [5.41, 5.74) is 5.51. The molecule has 0 radical (unpaired) electrons. The first-order chi connectivity index (χ1) is 16.4. The Bertz CT molecular complexity index is 1320. The van der Waals surface area contributed by atoms with Gasteiger partial charge in [-0.1, -0.05) is 67.1 Å². The second-order valence-electron chi connectivity index (χ2n) is 8.02. The van der Waals surface area contributed by atoms with Crippen LogP contribution in [0.4, 0.5) is 0 Å². The van der Waals surface area contributed by atoms with Gasteiger partial charge >= 0.3 is 5.97 Å². The SMILES string of the molecule is CCC(=O)c1ccc(-c2ccc(-c3nn(C)c(C(=O)O)c3OCc3ccc(C)cc3)cc2)cn1. The molecule has 0 unspecified atom stereocenters. The van der Waals surface area contributed by atoms with Crippen molar-refractivity contribution >= 4 is 11.8 Å². The fourth-order valence-electron chi connectivity index (χ4n) is 3.64. The lowest BCUT2D eigenvalue weighted by Crippen LogP contribution is -2.08. The molecule has 4 aromatic rings. The summed E-state index contributed by atoms with van der Waals surface area (Å²) in [5, 5.41) is 14.2. The van der Waals surface area contributed by atoms with Crippen molar-refractivity contribution in [1.29, 1.82) is 0 Å². The van der Waals surface area contributed by atoms with Gasteiger partial charge in [0.05, 0.1) is 0 Å². The predicted octanol–water partition coefficient (Wildman–Crippen LogP) is 5.33. The fourth-order valence-corrected chi connectivity index (χ4v) is 3.64. The lowest BCUT2D eigenvalue weighted by molar-refractivity contribution is 0.0679. The molecule has 172 valence electrons. The average Bonchev–Trinajstić information content (AvgIpc) is 3.19. The first-order valence-corrected chi connectivity index (χ1v) is 11.0. The zero-order valence-corrected chi connectivity index (χ0v) is 19.3. The number of benzene rings is 2. The van der Waals surface area contributed by atoms with Gasteiger partial charge in [0.1, 0.15) is 18.0 Å². The maximum Gasteiger partial charge on any atom is 0.358 e. The highest BCUT2D eigenvalue weighted by atomic mass is 16.5. The molecule has 0 spiro atoms. The zero-order valence-electron chi connectivity index (χ0n) is 19.3. The molecule has 0 fully saturated rings. The summed E-state index contributed by atoms with van der Waals surface area (Å²) in [6, 6.07) is 19.0. The molecule has 4 rings (SSSR count). The van der Waals surface area contributed by atoms with Gasteiger partial charge in [-0.2, -0.15) is 5.10 Å². The molecule has 2 heterocycles. The number of pyridine rings is 1. The first-order valence-electron chi connectivity index (χ1n) is 11.0. The number of carbonyl (C=O) groups is 2. The lowest BCUT2D eigenvalue weighted by Gasteiger charge is -2.09. The second kappa shape index (κ2) is 9.70. The van der Waals surface area contributed by atoms with Gasteiger partial charge < -0.3 is 9.84 Å². The predicted molar refractivity (Wildman–Crippen MR) is 129 cm³/mol. The van der Waals surface area contributed by atoms with Gasteiger partial charge in [-0.15, -0.1) is 0 Å². The highest BCUT2D eigenvalue weighted by molar-refractivity contribution is 5.94. The number of carboxylic acids is 1. The number of aromatic nitrogens is 3. The average molecular weight is 456 g/mol. The molecule has 0 atom stereocenters. The van der Waals surface area contributed by atoms with Crippen LogP contribution in [0.3, 0.4) is 0 Å². The Balaban J connectivity index is 1.63. The van der Waals surface area contributed by atoms with Crippen LogP contribution in [0.5, 0.6) is 5.75 Å². The van der Waals surface area contributed by atoms with E-state index in [1.54, 1.807) is 19.3 Å². The summed E-state index contributed by atoms with van der Waals surface area (Å²) in [7, 11) is 1.59. The number of ketones is 1. The van der Waals surface area contributed by atoms with Crippen LogP contribution in [0, 0.1) is 6.92 Å². The molecule has 0 aliphatic rings. The van der Waals surface area contributed by atoms with Crippen LogP contribution in [-0.2, 0) is 13.7 Å². The smallest absolute Gasteiger partial charge is 0.358 e. The third kappa shape index (κ3) is 4.73. The number of aryl methyl sites for hydroxylation is 2. The first kappa shape index (κ1) is 22.9. The molecule has 0 saturated carbocycles. The van der Waals surface area contributed by atoms with Gasteiger partial charge in [-0.25, -0.2) is 4.79 Å². The van der Waals surface area contributed by atoms with E-state index >= 15 is 0 Å². The molecule has 34 heavy (non-hydrogen) atoms. The number of hydrogen-bond acceptors (Lipinski definition) is 5. The van der Waals surface area contributed by atoms with Crippen LogP contribution in [0.15, 0.2) is 66.9 Å². The molecule has 2 aromatic carbocycles. The van der Waals surface area contributed by atoms with Gasteiger partial charge in [0.2, 0.25) is 0 Å². The van der Waals surface area contributed by atoms with Crippen LogP contribution >= 0.6 is 0 Å². The van der Waals surface area contributed by atoms with Crippen molar-refractivity contribution in [2.45, 2.75) is 26.9 Å². The Morgan fingerprint density at radius 2 is 1.59 bits per heavy atom. The molecule has 0 aliphatic heterocycles. The highest BCUT2D eigenvalue weighted by Gasteiger charge is 2.24. The third-order valence-corrected chi connectivity index (χ3v) is 5.57. The summed E-state index contributed by atoms with van der Waals surface area (Å²) in [6.45, 7) is 4.04. The number of rotatable bonds is 8. The number of nitrogens with zero attached hydrogens (tertiary/aromatic N) is 3. The van der Waals surface area contributed by atoms with E-state index in [-0.39, 0.29) is 23.8 Å². The summed E-state index contributed by atoms with van der Waals surface area (Å²) < 4.78 is 7.31. The topological polar surface area (TPSA) is 94.3 Å². The van der Waals surface area contributed by atoms with E-state index in [4.69, 9.17) is 4.74 Å². The Morgan fingerprint density at radius 3 is 2.18 bits per heavy atom. The van der Waals surface area contributed by atoms with Crippen LogP contribution in [-0.4, -0.2) is 31.6 Å². The van der Waals surface area contributed by atoms with Crippen LogP contribution in [0.2, 0.25) is 0 Å². The van der Waals surface area contributed by atoms with E-state index in [0.29, 0.717) is 17.8 Å². The standard InChI is InChI=1S/C27H25N3O4/c1-4-23(31)22-14-13-21(15-28-22)19-9-11-20(12-10-19)24-26(25(27(32)33)30(3)29-24)34-16-18-7-5-17(2)6-8-18/h5-15H,4,16H2,1-3H3,(H,32,33). The quantitative estimate of drug-likeness (QED) is 0.361. The molecule has 0 amide bonds. The van der Waals surface area contributed by atoms with Gasteiger partial charge in [-0.05, 0) is 24.1 Å². The maximum atomic E-state index is 11.9. The zero-order chi connectivity index (χ0) is 24.2. The minimum Gasteiger partial charge on any atom is -0.484 e. The van der Waals surface area contributed by atoms with Gasteiger partial charge in [0, 0.05) is 30.8 Å². The number of carboxylic acid groups (broad SMARTS) is 1.